The van der Waals surface area contributed by atoms with Crippen LogP contribution in [0.5, 0.6) is 0 Å². The van der Waals surface area contributed by atoms with Crippen molar-refractivity contribution in [2.75, 3.05) is 6.61 Å². The van der Waals surface area contributed by atoms with Crippen LogP contribution in [0.1, 0.15) is 50.1 Å². The molecule has 0 spiro atoms. The largest absolute Gasteiger partial charge is 0.455 e. The number of hydrogen-bond donors (Lipinski definition) is 0. The second-order valence-electron chi connectivity index (χ2n) is 7.00. The maximum absolute atomic E-state index is 12.5. The van der Waals surface area contributed by atoms with Gasteiger partial charge in [0.05, 0.1) is 6.42 Å². The molecule has 0 bridgehead atoms. The summed E-state index contributed by atoms with van der Waals surface area (Å²) in [5.74, 6) is -0.0696. The van der Waals surface area contributed by atoms with Crippen molar-refractivity contribution in [2.45, 2.75) is 65.5 Å². The number of aryl methyl sites for hydroxylation is 2. The zero-order valence-corrected chi connectivity index (χ0v) is 15.7. The van der Waals surface area contributed by atoms with Gasteiger partial charge >= 0.3 is 5.97 Å². The van der Waals surface area contributed by atoms with Gasteiger partial charge in [-0.15, -0.1) is 0 Å². The second kappa shape index (κ2) is 7.39. The molecule has 3 heterocycles. The molecule has 1 aliphatic rings. The summed E-state index contributed by atoms with van der Waals surface area (Å²) >= 11 is 0. The molecule has 1 saturated heterocycles. The van der Waals surface area contributed by atoms with Gasteiger partial charge in [0.1, 0.15) is 6.33 Å². The maximum atomic E-state index is 12.5. The molecule has 26 heavy (non-hydrogen) atoms. The third-order valence-corrected chi connectivity index (χ3v) is 5.15. The summed E-state index contributed by atoms with van der Waals surface area (Å²) in [7, 11) is 0. The van der Waals surface area contributed by atoms with Crippen LogP contribution in [0, 0.1) is 13.8 Å². The number of hydrogen-bond acceptors (Lipinski definition) is 6. The van der Waals surface area contributed by atoms with E-state index in [4.69, 9.17) is 4.74 Å². The van der Waals surface area contributed by atoms with E-state index in [0.717, 1.165) is 30.5 Å². The van der Waals surface area contributed by atoms with Crippen LogP contribution in [0.2, 0.25) is 0 Å². The van der Waals surface area contributed by atoms with Crippen LogP contribution in [0.15, 0.2) is 6.33 Å². The first kappa shape index (κ1) is 18.3. The lowest BCUT2D eigenvalue weighted by Gasteiger charge is -2.38. The first-order chi connectivity index (χ1) is 12.4. The highest BCUT2D eigenvalue weighted by atomic mass is 16.5. The molecule has 0 aliphatic carbocycles. The van der Waals surface area contributed by atoms with Crippen molar-refractivity contribution in [2.24, 2.45) is 0 Å². The van der Waals surface area contributed by atoms with E-state index in [0.29, 0.717) is 11.5 Å². The summed E-state index contributed by atoms with van der Waals surface area (Å²) in [6.45, 7) is 7.56. The number of likely N-dealkylation sites (tertiary alicyclic amines) is 1. The van der Waals surface area contributed by atoms with Crippen molar-refractivity contribution in [1.82, 2.24) is 24.5 Å². The maximum Gasteiger partial charge on any atom is 0.310 e. The van der Waals surface area contributed by atoms with Crippen molar-refractivity contribution in [3.8, 4) is 0 Å². The number of rotatable bonds is 4. The SMILES string of the molecule is Cc1nc2ncnn2c(C)c1CC(=O)OCC(=O)N1[C@H](C)CCC[C@H]1C. The Labute approximate surface area is 152 Å². The molecule has 8 heteroatoms. The lowest BCUT2D eigenvalue weighted by molar-refractivity contribution is -0.154. The Morgan fingerprint density at radius 2 is 1.92 bits per heavy atom. The number of carbonyl (C=O) groups excluding carboxylic acids is 2. The Kier molecular flexibility index (Phi) is 5.20. The number of aromatic nitrogens is 4. The molecule has 2 atom stereocenters. The number of ether oxygens (including phenoxy) is 1. The Balaban J connectivity index is 1.63. The number of fused-ring (bicyclic) bond motifs is 1. The first-order valence-corrected chi connectivity index (χ1v) is 9.01. The van der Waals surface area contributed by atoms with E-state index in [1.54, 1.807) is 4.52 Å². The Morgan fingerprint density at radius 3 is 2.62 bits per heavy atom. The van der Waals surface area contributed by atoms with E-state index in [2.05, 4.69) is 15.1 Å². The molecule has 140 valence electrons. The normalized spacial score (nSPS) is 20.4. The van der Waals surface area contributed by atoms with Gasteiger partial charge in [-0.25, -0.2) is 9.50 Å². The van der Waals surface area contributed by atoms with E-state index < -0.39 is 5.97 Å². The third-order valence-electron chi connectivity index (χ3n) is 5.15. The predicted molar refractivity (Wildman–Crippen MR) is 94.5 cm³/mol. The summed E-state index contributed by atoms with van der Waals surface area (Å²) in [4.78, 5) is 35.0. The first-order valence-electron chi connectivity index (χ1n) is 9.01. The van der Waals surface area contributed by atoms with Crippen LogP contribution < -0.4 is 0 Å². The van der Waals surface area contributed by atoms with Crippen LogP contribution in [0.3, 0.4) is 0 Å². The average Bonchev–Trinajstić information content (AvgIpc) is 3.05. The predicted octanol–water partition coefficient (Wildman–Crippen LogP) is 1.62. The minimum Gasteiger partial charge on any atom is -0.455 e. The number of carbonyl (C=O) groups is 2. The quantitative estimate of drug-likeness (QED) is 0.771. The average molecular weight is 359 g/mol. The monoisotopic (exact) mass is 359 g/mol. The topological polar surface area (TPSA) is 89.7 Å². The van der Waals surface area contributed by atoms with Gasteiger partial charge in [0, 0.05) is 29.0 Å². The van der Waals surface area contributed by atoms with E-state index in [1.807, 2.05) is 32.6 Å². The fraction of sp³-hybridized carbons (Fsp3) is 0.611. The van der Waals surface area contributed by atoms with Crippen LogP contribution in [-0.4, -0.2) is 55.0 Å². The molecule has 8 nitrogen and oxygen atoms in total. The molecule has 1 aliphatic heterocycles. The minimum absolute atomic E-state index is 0.0544. The van der Waals surface area contributed by atoms with Crippen LogP contribution in [0.25, 0.3) is 5.78 Å². The molecule has 0 saturated carbocycles. The van der Waals surface area contributed by atoms with Crippen LogP contribution >= 0.6 is 0 Å². The van der Waals surface area contributed by atoms with Gasteiger partial charge in [-0.3, -0.25) is 9.59 Å². The van der Waals surface area contributed by atoms with Gasteiger partial charge in [-0.1, -0.05) is 0 Å². The van der Waals surface area contributed by atoms with Gasteiger partial charge in [-0.05, 0) is 47.0 Å². The molecule has 3 rings (SSSR count). The van der Waals surface area contributed by atoms with Crippen LogP contribution in [0.4, 0.5) is 0 Å². The molecule has 1 amide bonds. The summed E-state index contributed by atoms with van der Waals surface area (Å²) < 4.78 is 6.85. The van der Waals surface area contributed by atoms with Gasteiger partial charge in [0.2, 0.25) is 0 Å². The molecule has 0 radical (unpaired) electrons. The summed E-state index contributed by atoms with van der Waals surface area (Å²) in [5.41, 5.74) is 2.26. The molecular weight excluding hydrogens is 334 g/mol. The van der Waals surface area contributed by atoms with Crippen molar-refractivity contribution in [1.29, 1.82) is 0 Å². The lowest BCUT2D eigenvalue weighted by atomic mass is 9.97. The smallest absolute Gasteiger partial charge is 0.310 e. The molecule has 1 fully saturated rings. The number of amides is 1. The molecule has 0 N–H and O–H groups in total. The highest BCUT2D eigenvalue weighted by Crippen LogP contribution is 2.22. The summed E-state index contributed by atoms with van der Waals surface area (Å²) in [5, 5.41) is 4.11. The van der Waals surface area contributed by atoms with Crippen molar-refractivity contribution >= 4 is 17.7 Å². The number of nitrogens with zero attached hydrogens (tertiary/aromatic N) is 5. The van der Waals surface area contributed by atoms with Crippen LogP contribution in [-0.2, 0) is 20.7 Å². The standard InChI is InChI=1S/C18H25N5O3/c1-11-6-5-7-12(2)22(11)16(24)9-26-17(25)8-15-13(3)21-18-19-10-20-23(18)14(15)4/h10-12H,5-9H2,1-4H3/t11-,12-/m1/s1. The van der Waals surface area contributed by atoms with E-state index in [1.165, 1.54) is 6.33 Å². The van der Waals surface area contributed by atoms with Crippen molar-refractivity contribution < 1.29 is 14.3 Å². The second-order valence-corrected chi connectivity index (χ2v) is 7.00. The van der Waals surface area contributed by atoms with Gasteiger partial charge in [0.15, 0.2) is 6.61 Å². The van der Waals surface area contributed by atoms with Crippen molar-refractivity contribution in [3.05, 3.63) is 23.3 Å². The minimum atomic E-state index is -0.442. The van der Waals surface area contributed by atoms with Gasteiger partial charge in [-0.2, -0.15) is 10.1 Å². The van der Waals surface area contributed by atoms with Crippen molar-refractivity contribution in [3.63, 3.8) is 0 Å². The fourth-order valence-corrected chi connectivity index (χ4v) is 3.74. The molecular formula is C18H25N5O3. The molecule has 2 aromatic heterocycles. The van der Waals surface area contributed by atoms with Gasteiger partial charge < -0.3 is 9.64 Å². The highest BCUT2D eigenvalue weighted by Gasteiger charge is 2.29. The number of esters is 1. The van der Waals surface area contributed by atoms with E-state index in [9.17, 15) is 9.59 Å². The van der Waals surface area contributed by atoms with E-state index in [-0.39, 0.29) is 31.0 Å². The molecule has 0 unspecified atom stereocenters. The number of piperidine rings is 1. The lowest BCUT2D eigenvalue weighted by Crippen LogP contribution is -2.49. The fourth-order valence-electron chi connectivity index (χ4n) is 3.74. The Bertz CT molecular complexity index is 822. The Morgan fingerprint density at radius 1 is 1.23 bits per heavy atom. The third kappa shape index (κ3) is 3.54. The highest BCUT2D eigenvalue weighted by molar-refractivity contribution is 5.82. The van der Waals surface area contributed by atoms with E-state index >= 15 is 0 Å². The molecule has 2 aromatic rings. The zero-order valence-electron chi connectivity index (χ0n) is 15.7. The molecule has 0 aromatic carbocycles. The summed E-state index contributed by atoms with van der Waals surface area (Å²) in [6, 6.07) is 0.377. The van der Waals surface area contributed by atoms with Gasteiger partial charge in [0.25, 0.3) is 11.7 Å². The summed E-state index contributed by atoms with van der Waals surface area (Å²) in [6.07, 6.45) is 4.59. The zero-order chi connectivity index (χ0) is 18.8. The Hall–Kier alpha value is -2.51.